The van der Waals surface area contributed by atoms with Crippen LogP contribution in [-0.4, -0.2) is 74.5 Å². The Bertz CT molecular complexity index is 661. The van der Waals surface area contributed by atoms with Crippen LogP contribution < -0.4 is 5.73 Å². The molecule has 2 saturated heterocycles. The third-order valence-electron chi connectivity index (χ3n) is 6.44. The number of hydrogen-bond acceptors (Lipinski definition) is 6. The van der Waals surface area contributed by atoms with E-state index in [-0.39, 0.29) is 23.6 Å². The van der Waals surface area contributed by atoms with Crippen molar-refractivity contribution < 1.29 is 19.8 Å². The Hall–Kier alpha value is -1.09. The SMILES string of the molecule is C[C@@H](O)[C@H]1C(=O)N2C(C(=O)O)=C(SC3CN([C@H]4CC[C@@H](N)C4)C3)[C@H](C)[C@H]12. The molecule has 1 amide bonds. The molecule has 1 saturated carbocycles. The molecule has 26 heavy (non-hydrogen) atoms. The van der Waals surface area contributed by atoms with Crippen molar-refractivity contribution in [2.45, 2.75) is 62.6 Å². The van der Waals surface area contributed by atoms with Gasteiger partial charge in [-0.1, -0.05) is 6.92 Å². The molecular formula is C18H27N3O4S. The van der Waals surface area contributed by atoms with Gasteiger partial charge in [0.25, 0.3) is 0 Å². The van der Waals surface area contributed by atoms with Crippen LogP contribution in [0.15, 0.2) is 10.6 Å². The number of aliphatic hydroxyl groups is 1. The number of aliphatic carboxylic acids is 1. The zero-order valence-corrected chi connectivity index (χ0v) is 16.0. The number of amides is 1. The van der Waals surface area contributed by atoms with Crippen LogP contribution in [-0.2, 0) is 9.59 Å². The summed E-state index contributed by atoms with van der Waals surface area (Å²) in [7, 11) is 0. The lowest BCUT2D eigenvalue weighted by molar-refractivity contribution is -0.163. The molecule has 6 atom stereocenters. The zero-order chi connectivity index (χ0) is 18.7. The van der Waals surface area contributed by atoms with Crippen LogP contribution in [0.2, 0.25) is 0 Å². The number of nitrogens with two attached hydrogens (primary N) is 1. The van der Waals surface area contributed by atoms with Crippen molar-refractivity contribution in [3.8, 4) is 0 Å². The van der Waals surface area contributed by atoms with E-state index in [1.807, 2.05) is 6.92 Å². The molecule has 0 spiro atoms. The van der Waals surface area contributed by atoms with Crippen molar-refractivity contribution in [1.29, 1.82) is 0 Å². The number of fused-ring (bicyclic) bond motifs is 1. The first-order valence-electron chi connectivity index (χ1n) is 9.44. The van der Waals surface area contributed by atoms with Gasteiger partial charge in [-0.3, -0.25) is 9.69 Å². The molecule has 3 fully saturated rings. The summed E-state index contributed by atoms with van der Waals surface area (Å²) in [6, 6.07) is 0.659. The highest BCUT2D eigenvalue weighted by Gasteiger charge is 2.60. The molecule has 3 aliphatic heterocycles. The minimum Gasteiger partial charge on any atom is -0.477 e. The van der Waals surface area contributed by atoms with Crippen molar-refractivity contribution in [1.82, 2.24) is 9.80 Å². The highest BCUT2D eigenvalue weighted by Crippen LogP contribution is 2.52. The van der Waals surface area contributed by atoms with E-state index in [0.29, 0.717) is 17.3 Å². The first-order valence-corrected chi connectivity index (χ1v) is 10.3. The molecular weight excluding hydrogens is 354 g/mol. The number of thioether (sulfide) groups is 1. The standard InChI is InChI=1S/C18H27N3O4S/c1-8-14-13(9(2)22)17(23)21(14)15(18(24)25)16(8)26-12-6-20(7-12)11-4-3-10(19)5-11/h8-14,22H,3-7,19H2,1-2H3,(H,24,25)/t8-,9-,10-,11+,13-,14-/m1/s1. The second-order valence-electron chi connectivity index (χ2n) is 8.19. The molecule has 7 nitrogen and oxygen atoms in total. The molecule has 0 aromatic carbocycles. The predicted molar refractivity (Wildman–Crippen MR) is 98.2 cm³/mol. The summed E-state index contributed by atoms with van der Waals surface area (Å²) in [6.07, 6.45) is 2.54. The highest BCUT2D eigenvalue weighted by molar-refractivity contribution is 8.03. The number of carbonyl (C=O) groups excluding carboxylic acids is 1. The number of hydrogen-bond donors (Lipinski definition) is 3. The lowest BCUT2D eigenvalue weighted by atomic mass is 9.79. The molecule has 0 bridgehead atoms. The topological polar surface area (TPSA) is 107 Å². The number of likely N-dealkylation sites (tertiary alicyclic amines) is 1. The Balaban J connectivity index is 1.44. The van der Waals surface area contributed by atoms with Crippen molar-refractivity contribution in [3.05, 3.63) is 10.6 Å². The number of β-lactam (4-membered cyclic amide) rings is 1. The van der Waals surface area contributed by atoms with Crippen LogP contribution in [0.25, 0.3) is 0 Å². The summed E-state index contributed by atoms with van der Waals surface area (Å²) in [5.41, 5.74) is 6.14. The van der Waals surface area contributed by atoms with E-state index in [1.165, 1.54) is 4.90 Å². The van der Waals surface area contributed by atoms with Crippen LogP contribution in [0.3, 0.4) is 0 Å². The summed E-state index contributed by atoms with van der Waals surface area (Å²) in [5, 5.41) is 19.9. The fourth-order valence-electron chi connectivity index (χ4n) is 5.02. The van der Waals surface area contributed by atoms with E-state index >= 15 is 0 Å². The van der Waals surface area contributed by atoms with Gasteiger partial charge in [-0.2, -0.15) is 0 Å². The summed E-state index contributed by atoms with van der Waals surface area (Å²) in [6.45, 7) is 5.48. The maximum atomic E-state index is 12.4. The molecule has 0 radical (unpaired) electrons. The monoisotopic (exact) mass is 381 g/mol. The molecule has 144 valence electrons. The number of carboxylic acid groups (broad SMARTS) is 1. The first-order chi connectivity index (χ1) is 12.3. The predicted octanol–water partition coefficient (Wildman–Crippen LogP) is 0.437. The summed E-state index contributed by atoms with van der Waals surface area (Å²) < 4.78 is 0. The number of aliphatic hydroxyl groups excluding tert-OH is 1. The number of carboxylic acids is 1. The van der Waals surface area contributed by atoms with E-state index in [4.69, 9.17) is 5.73 Å². The average molecular weight is 381 g/mol. The van der Waals surface area contributed by atoms with Gasteiger partial charge in [-0.25, -0.2) is 4.79 Å². The van der Waals surface area contributed by atoms with Gasteiger partial charge in [0, 0.05) is 41.2 Å². The molecule has 4 aliphatic rings. The Labute approximate surface area is 157 Å². The Morgan fingerprint density at radius 3 is 2.58 bits per heavy atom. The minimum absolute atomic E-state index is 0.0441. The molecule has 1 aliphatic carbocycles. The number of rotatable bonds is 5. The van der Waals surface area contributed by atoms with Gasteiger partial charge in [0.05, 0.1) is 18.1 Å². The quantitative estimate of drug-likeness (QED) is 0.593. The molecule has 0 unspecified atom stereocenters. The molecule has 0 aromatic rings. The van der Waals surface area contributed by atoms with Gasteiger partial charge in [0.1, 0.15) is 5.70 Å². The molecule has 3 heterocycles. The van der Waals surface area contributed by atoms with Gasteiger partial charge in [0.15, 0.2) is 0 Å². The maximum absolute atomic E-state index is 12.4. The largest absolute Gasteiger partial charge is 0.477 e. The third kappa shape index (κ3) is 2.69. The fraction of sp³-hybridized carbons (Fsp3) is 0.778. The second-order valence-corrected chi connectivity index (χ2v) is 9.53. The summed E-state index contributed by atoms with van der Waals surface area (Å²) in [5.74, 6) is -1.84. The molecule has 0 aromatic heterocycles. The van der Waals surface area contributed by atoms with E-state index in [9.17, 15) is 19.8 Å². The van der Waals surface area contributed by atoms with Gasteiger partial charge in [-0.05, 0) is 26.2 Å². The highest BCUT2D eigenvalue weighted by atomic mass is 32.2. The molecule has 4 rings (SSSR count). The molecule has 4 N–H and O–H groups in total. The van der Waals surface area contributed by atoms with E-state index in [0.717, 1.165) is 37.3 Å². The fourth-order valence-corrected chi connectivity index (χ4v) is 6.57. The average Bonchev–Trinajstić information content (AvgIpc) is 3.03. The maximum Gasteiger partial charge on any atom is 0.353 e. The van der Waals surface area contributed by atoms with Crippen LogP contribution in [0.4, 0.5) is 0 Å². The summed E-state index contributed by atoms with van der Waals surface area (Å²) >= 11 is 1.62. The first kappa shape index (κ1) is 18.3. The Morgan fingerprint density at radius 1 is 1.35 bits per heavy atom. The Kier molecular flexibility index (Phi) is 4.58. The smallest absolute Gasteiger partial charge is 0.353 e. The third-order valence-corrected chi connectivity index (χ3v) is 7.89. The van der Waals surface area contributed by atoms with Crippen LogP contribution in [0.1, 0.15) is 33.1 Å². The van der Waals surface area contributed by atoms with Gasteiger partial charge >= 0.3 is 5.97 Å². The lowest BCUT2D eigenvalue weighted by Crippen LogP contribution is -2.63. The van der Waals surface area contributed by atoms with Gasteiger partial charge in [-0.15, -0.1) is 11.8 Å². The minimum atomic E-state index is -1.04. The molecule has 8 heteroatoms. The lowest BCUT2D eigenvalue weighted by Gasteiger charge is -2.46. The number of carbonyl (C=O) groups is 2. The van der Waals surface area contributed by atoms with Gasteiger partial charge < -0.3 is 20.8 Å². The van der Waals surface area contributed by atoms with Gasteiger partial charge in [0.2, 0.25) is 5.91 Å². The number of nitrogens with zero attached hydrogens (tertiary/aromatic N) is 2. The Morgan fingerprint density at radius 2 is 2.04 bits per heavy atom. The zero-order valence-electron chi connectivity index (χ0n) is 15.2. The second kappa shape index (κ2) is 6.51. The van der Waals surface area contributed by atoms with E-state index in [1.54, 1.807) is 18.7 Å². The van der Waals surface area contributed by atoms with Crippen LogP contribution in [0, 0.1) is 11.8 Å². The van der Waals surface area contributed by atoms with Crippen LogP contribution >= 0.6 is 11.8 Å². The van der Waals surface area contributed by atoms with E-state index in [2.05, 4.69) is 4.90 Å². The summed E-state index contributed by atoms with van der Waals surface area (Å²) in [4.78, 5) is 28.8. The van der Waals surface area contributed by atoms with Crippen LogP contribution in [0.5, 0.6) is 0 Å². The van der Waals surface area contributed by atoms with Crippen molar-refractivity contribution in [3.63, 3.8) is 0 Å². The normalized spacial score (nSPS) is 39.0. The van der Waals surface area contributed by atoms with Crippen molar-refractivity contribution in [2.75, 3.05) is 13.1 Å². The van der Waals surface area contributed by atoms with Crippen molar-refractivity contribution >= 4 is 23.6 Å². The van der Waals surface area contributed by atoms with Crippen molar-refractivity contribution in [2.24, 2.45) is 17.6 Å². The van der Waals surface area contributed by atoms with E-state index < -0.39 is 18.0 Å².